The van der Waals surface area contributed by atoms with Crippen molar-refractivity contribution in [2.75, 3.05) is 6.61 Å². The standard InChI is InChI=1S/C23H20ClF4N3O7/c24-11-3-9(1-2-12(11)25)8-37-22(23(35)36)21-20(34)18(19(33)16(7-32)38-21)31-6-15(29-30-31)10-4-13(26)17(28)14(27)5-10/h1-6,16,18-22,32-34H,7-8H2,(H,35,36)/t16?,18?,19-,20?,21+,22-/m0/s1. The monoisotopic (exact) mass is 561 g/mol. The second-order valence-electron chi connectivity index (χ2n) is 8.45. The molecule has 4 rings (SSSR count). The second kappa shape index (κ2) is 11.3. The van der Waals surface area contributed by atoms with Gasteiger partial charge in [0.05, 0.1) is 24.4 Å². The molecule has 0 aliphatic carbocycles. The number of hydrogen-bond donors (Lipinski definition) is 4. The van der Waals surface area contributed by atoms with Crippen LogP contribution in [0.2, 0.25) is 5.02 Å². The smallest absolute Gasteiger partial charge is 0.335 e. The zero-order valence-electron chi connectivity index (χ0n) is 19.1. The van der Waals surface area contributed by atoms with Gasteiger partial charge in [-0.1, -0.05) is 22.9 Å². The first kappa shape index (κ1) is 27.9. The summed E-state index contributed by atoms with van der Waals surface area (Å²) in [6, 6.07) is 3.44. The van der Waals surface area contributed by atoms with E-state index < -0.39 is 72.4 Å². The fourth-order valence-electron chi connectivity index (χ4n) is 4.07. The molecule has 3 unspecified atom stereocenters. The zero-order chi connectivity index (χ0) is 27.7. The second-order valence-corrected chi connectivity index (χ2v) is 8.86. The maximum atomic E-state index is 13.7. The number of nitrogens with zero attached hydrogens (tertiary/aromatic N) is 3. The highest BCUT2D eigenvalue weighted by Crippen LogP contribution is 2.33. The van der Waals surface area contributed by atoms with E-state index in [0.29, 0.717) is 17.7 Å². The number of halogens is 5. The molecule has 0 spiro atoms. The predicted octanol–water partition coefficient (Wildman–Crippen LogP) is 1.85. The highest BCUT2D eigenvalue weighted by Gasteiger charge is 2.50. The summed E-state index contributed by atoms with van der Waals surface area (Å²) in [5.41, 5.74) is -0.0587. The van der Waals surface area contributed by atoms with Gasteiger partial charge in [0.2, 0.25) is 0 Å². The molecule has 1 aliphatic rings. The molecule has 0 amide bonds. The molecule has 0 saturated carbocycles. The molecule has 2 aromatic carbocycles. The van der Waals surface area contributed by atoms with Crippen molar-refractivity contribution in [3.8, 4) is 11.3 Å². The Hall–Kier alpha value is -3.14. The molecule has 4 N–H and O–H groups in total. The van der Waals surface area contributed by atoms with Crippen LogP contribution in [-0.2, 0) is 20.9 Å². The largest absolute Gasteiger partial charge is 0.479 e. The third-order valence-electron chi connectivity index (χ3n) is 5.98. The van der Waals surface area contributed by atoms with Crippen molar-refractivity contribution in [2.45, 2.75) is 43.2 Å². The molecule has 1 saturated heterocycles. The van der Waals surface area contributed by atoms with E-state index in [4.69, 9.17) is 21.1 Å². The van der Waals surface area contributed by atoms with E-state index in [2.05, 4.69) is 10.3 Å². The molecule has 1 fully saturated rings. The molecule has 10 nitrogen and oxygen atoms in total. The number of hydrogen-bond acceptors (Lipinski definition) is 8. The number of rotatable bonds is 8. The van der Waals surface area contributed by atoms with Gasteiger partial charge in [0, 0.05) is 5.56 Å². The van der Waals surface area contributed by atoms with Crippen LogP contribution in [0.4, 0.5) is 17.6 Å². The lowest BCUT2D eigenvalue weighted by molar-refractivity contribution is -0.238. The average Bonchev–Trinajstić information content (AvgIpc) is 3.35. The van der Waals surface area contributed by atoms with Gasteiger partial charge >= 0.3 is 5.97 Å². The first-order valence-corrected chi connectivity index (χ1v) is 11.4. The molecular weight excluding hydrogens is 542 g/mol. The van der Waals surface area contributed by atoms with E-state index in [1.807, 2.05) is 0 Å². The van der Waals surface area contributed by atoms with Crippen LogP contribution in [-0.4, -0.2) is 78.5 Å². The molecule has 2 heterocycles. The SMILES string of the molecule is O=C(O)[C@@H](OCc1ccc(F)c(Cl)c1)[C@@H]1OC(CO)[C@H](O)C(n2cc(-c3cc(F)c(F)c(F)c3)nn2)C1O. The van der Waals surface area contributed by atoms with Crippen molar-refractivity contribution >= 4 is 17.6 Å². The molecule has 15 heteroatoms. The molecule has 1 aliphatic heterocycles. The van der Waals surface area contributed by atoms with Gasteiger partial charge in [-0.3, -0.25) is 0 Å². The van der Waals surface area contributed by atoms with Gasteiger partial charge in [-0.25, -0.2) is 27.0 Å². The summed E-state index contributed by atoms with van der Waals surface area (Å²) in [7, 11) is 0. The summed E-state index contributed by atoms with van der Waals surface area (Å²) in [5.74, 6) is -6.91. The highest BCUT2D eigenvalue weighted by molar-refractivity contribution is 6.30. The van der Waals surface area contributed by atoms with E-state index in [0.717, 1.165) is 16.9 Å². The number of carbonyl (C=O) groups is 1. The van der Waals surface area contributed by atoms with Crippen molar-refractivity contribution in [1.82, 2.24) is 15.0 Å². The van der Waals surface area contributed by atoms with Crippen molar-refractivity contribution in [2.24, 2.45) is 0 Å². The van der Waals surface area contributed by atoms with E-state index in [1.54, 1.807) is 0 Å². The highest BCUT2D eigenvalue weighted by atomic mass is 35.5. The first-order valence-electron chi connectivity index (χ1n) is 11.0. The van der Waals surface area contributed by atoms with Crippen LogP contribution in [0.25, 0.3) is 11.3 Å². The van der Waals surface area contributed by atoms with Gasteiger partial charge < -0.3 is 29.9 Å². The van der Waals surface area contributed by atoms with E-state index in [-0.39, 0.29) is 22.9 Å². The summed E-state index contributed by atoms with van der Waals surface area (Å²) in [6.45, 7) is -1.17. The van der Waals surface area contributed by atoms with Gasteiger partial charge in [-0.05, 0) is 29.8 Å². The Morgan fingerprint density at radius 2 is 1.79 bits per heavy atom. The summed E-state index contributed by atoms with van der Waals surface area (Å²) in [4.78, 5) is 12.0. The Morgan fingerprint density at radius 3 is 2.39 bits per heavy atom. The molecule has 1 aromatic heterocycles. The van der Waals surface area contributed by atoms with Crippen LogP contribution in [0, 0.1) is 23.3 Å². The van der Waals surface area contributed by atoms with Gasteiger partial charge in [0.25, 0.3) is 0 Å². The lowest BCUT2D eigenvalue weighted by atomic mass is 9.90. The number of carboxylic acid groups (broad SMARTS) is 1. The number of benzene rings is 2. The summed E-state index contributed by atoms with van der Waals surface area (Å²) < 4.78 is 65.9. The molecule has 38 heavy (non-hydrogen) atoms. The fourth-order valence-corrected chi connectivity index (χ4v) is 4.28. The Morgan fingerprint density at radius 1 is 1.11 bits per heavy atom. The van der Waals surface area contributed by atoms with Gasteiger partial charge in [-0.2, -0.15) is 0 Å². The number of aliphatic carboxylic acids is 1. The number of aliphatic hydroxyl groups is 3. The van der Waals surface area contributed by atoms with Gasteiger partial charge in [-0.15, -0.1) is 5.10 Å². The predicted molar refractivity (Wildman–Crippen MR) is 120 cm³/mol. The zero-order valence-corrected chi connectivity index (χ0v) is 19.8. The minimum Gasteiger partial charge on any atom is -0.479 e. The average molecular weight is 562 g/mol. The normalized spacial score (nSPS) is 24.4. The van der Waals surface area contributed by atoms with Crippen LogP contribution in [0.3, 0.4) is 0 Å². The summed E-state index contributed by atoms with van der Waals surface area (Å²) in [5, 5.41) is 48.5. The molecule has 3 aromatic rings. The minimum atomic E-state index is -1.85. The number of aromatic nitrogens is 3. The first-order chi connectivity index (χ1) is 18.0. The maximum Gasteiger partial charge on any atom is 0.335 e. The topological polar surface area (TPSA) is 147 Å². The molecule has 0 bridgehead atoms. The van der Waals surface area contributed by atoms with Crippen molar-refractivity contribution in [3.63, 3.8) is 0 Å². The summed E-state index contributed by atoms with van der Waals surface area (Å²) >= 11 is 5.73. The third-order valence-corrected chi connectivity index (χ3v) is 6.27. The van der Waals surface area contributed by atoms with Gasteiger partial charge in [0.15, 0.2) is 23.6 Å². The van der Waals surface area contributed by atoms with E-state index in [1.165, 1.54) is 12.1 Å². The minimum absolute atomic E-state index is 0.162. The Balaban J connectivity index is 1.62. The lowest BCUT2D eigenvalue weighted by Crippen LogP contribution is -2.60. The van der Waals surface area contributed by atoms with Crippen molar-refractivity contribution in [3.05, 3.63) is 70.4 Å². The van der Waals surface area contributed by atoms with Crippen LogP contribution in [0.1, 0.15) is 11.6 Å². The molecule has 6 atom stereocenters. The van der Waals surface area contributed by atoms with Gasteiger partial charge in [0.1, 0.15) is 42.0 Å². The molecular formula is C23H20ClF4N3O7. The quantitative estimate of drug-likeness (QED) is 0.239. The fraction of sp³-hybridized carbons (Fsp3) is 0.348. The summed E-state index contributed by atoms with van der Waals surface area (Å²) in [6.07, 6.45) is -7.30. The van der Waals surface area contributed by atoms with Crippen LogP contribution in [0.5, 0.6) is 0 Å². The lowest BCUT2D eigenvalue weighted by Gasteiger charge is -2.43. The number of aliphatic hydroxyl groups excluding tert-OH is 3. The Kier molecular flexibility index (Phi) is 8.30. The number of carboxylic acids is 1. The van der Waals surface area contributed by atoms with Crippen LogP contribution >= 0.6 is 11.6 Å². The maximum absolute atomic E-state index is 13.7. The molecule has 204 valence electrons. The van der Waals surface area contributed by atoms with Crippen molar-refractivity contribution < 1.29 is 52.3 Å². The van der Waals surface area contributed by atoms with E-state index >= 15 is 0 Å². The molecule has 0 radical (unpaired) electrons. The Bertz CT molecular complexity index is 1310. The van der Waals surface area contributed by atoms with Crippen LogP contribution < -0.4 is 0 Å². The van der Waals surface area contributed by atoms with Crippen LogP contribution in [0.15, 0.2) is 36.5 Å². The third kappa shape index (κ3) is 5.50. The van der Waals surface area contributed by atoms with Crippen molar-refractivity contribution in [1.29, 1.82) is 0 Å². The van der Waals surface area contributed by atoms with E-state index in [9.17, 15) is 42.8 Å². The number of ether oxygens (including phenoxy) is 2. The Labute approximate surface area is 216 Å².